The monoisotopic (exact) mass is 799 g/mol. The fraction of sp³-hybridized carbons (Fsp3) is 0.467. The van der Waals surface area contributed by atoms with E-state index in [1.165, 1.54) is 22.7 Å². The third kappa shape index (κ3) is 12.0. The number of esters is 2. The highest BCUT2D eigenvalue weighted by Gasteiger charge is 2.40. The number of rotatable bonds is 8. The highest BCUT2D eigenvalue weighted by atomic mass is 32.1. The molecule has 9 nitrogen and oxygen atoms in total. The van der Waals surface area contributed by atoms with Gasteiger partial charge in [0.2, 0.25) is 0 Å². The number of nitrogens with zero attached hydrogens (tertiary/aromatic N) is 2. The average Bonchev–Trinajstić information content (AvgIpc) is 3.96. The number of aliphatic hydroxyl groups excluding tert-OH is 2. The summed E-state index contributed by atoms with van der Waals surface area (Å²) >= 11 is 2.74. The van der Waals surface area contributed by atoms with Gasteiger partial charge in [-0.25, -0.2) is 19.6 Å². The molecule has 300 valence electrons. The van der Waals surface area contributed by atoms with E-state index in [9.17, 15) is 19.8 Å². The molecular weight excluding hydrogens is 743 g/mol. The van der Waals surface area contributed by atoms with Gasteiger partial charge in [-0.3, -0.25) is 0 Å². The smallest absolute Gasteiger partial charge is 0.358 e. The standard InChI is InChI=1S/C45H57N3O6S2/c1-6-15-36(49)44(2,3)38-21-13-18-32-26-30(32)16-7-10-24-41-48-35(29-56-41)43(52)54-39(45(4,5)37(50)20-11-12-25-46)22-14-19-33-27-31(33)17-8-9-23-40-47-34(28-55-40)42(51)53-38/h6-11,13-20,23-24,28-33,36-39,49-50H,12,21-22,25-27,46H2,1-5H3/b15-6+,16-7+,17-8+,18-13-,19-14-,20-11+,23-9-,24-10-/t30-,31+,32?,33-,36-,37-,38-,39-/m0/s1. The first-order valence-electron chi connectivity index (χ1n) is 19.5. The molecule has 11 heteroatoms. The molecule has 0 amide bonds. The van der Waals surface area contributed by atoms with Gasteiger partial charge in [-0.1, -0.05) is 113 Å². The minimum absolute atomic E-state index is 0.239. The van der Waals surface area contributed by atoms with E-state index >= 15 is 0 Å². The SMILES string of the molecule is C/C=C/[C@H](O)C(C)(C)[C@@H]1C/C=C\C2C[C@@H]2/C=C/C=C\c2nc(cs2)C(=O)O[C@H](C(C)(C)[C@@H](O)/C=C/CCN)C/C=C\[C@H]2C[C@H]2/C=C/C=C\c2nc(cs2)C(=O)O1. The molecule has 0 spiro atoms. The summed E-state index contributed by atoms with van der Waals surface area (Å²) in [5.41, 5.74) is 4.61. The van der Waals surface area contributed by atoms with Crippen molar-refractivity contribution in [2.75, 3.05) is 6.54 Å². The first-order valence-corrected chi connectivity index (χ1v) is 21.3. The normalized spacial score (nSPS) is 29.9. The summed E-state index contributed by atoms with van der Waals surface area (Å²) in [5, 5.41) is 26.9. The Morgan fingerprint density at radius 2 is 1.20 bits per heavy atom. The van der Waals surface area contributed by atoms with Crippen molar-refractivity contribution >= 4 is 46.8 Å². The van der Waals surface area contributed by atoms with Crippen molar-refractivity contribution in [1.82, 2.24) is 9.97 Å². The van der Waals surface area contributed by atoms with E-state index in [2.05, 4.69) is 40.3 Å². The number of aliphatic hydroxyl groups is 2. The van der Waals surface area contributed by atoms with Crippen molar-refractivity contribution in [3.63, 3.8) is 0 Å². The highest BCUT2D eigenvalue weighted by Crippen LogP contribution is 2.42. The van der Waals surface area contributed by atoms with Crippen LogP contribution in [0.25, 0.3) is 12.2 Å². The molecule has 0 aromatic carbocycles. The molecule has 8 atom stereocenters. The highest BCUT2D eigenvalue weighted by molar-refractivity contribution is 7.11. The van der Waals surface area contributed by atoms with Gasteiger partial charge in [0.1, 0.15) is 22.2 Å². The van der Waals surface area contributed by atoms with Crippen LogP contribution >= 0.6 is 22.7 Å². The number of carbonyl (C=O) groups excluding carboxylic acids is 2. The van der Waals surface area contributed by atoms with Crippen molar-refractivity contribution in [1.29, 1.82) is 0 Å². The summed E-state index contributed by atoms with van der Waals surface area (Å²) in [5.74, 6) is 0.476. The molecular formula is C45H57N3O6S2. The van der Waals surface area contributed by atoms with Crippen LogP contribution in [0.2, 0.25) is 0 Å². The first kappa shape index (κ1) is 43.1. The van der Waals surface area contributed by atoms with Crippen LogP contribution in [0.1, 0.15) is 97.7 Å². The predicted octanol–water partition coefficient (Wildman–Crippen LogP) is 8.92. The number of ether oxygens (including phenoxy) is 2. The lowest BCUT2D eigenvalue weighted by Gasteiger charge is -2.36. The van der Waals surface area contributed by atoms with E-state index in [0.717, 1.165) is 12.8 Å². The summed E-state index contributed by atoms with van der Waals surface area (Å²) in [6.07, 6.45) is 32.2. The molecule has 1 unspecified atom stereocenters. The van der Waals surface area contributed by atoms with E-state index in [0.29, 0.717) is 59.5 Å². The maximum atomic E-state index is 13.4. The van der Waals surface area contributed by atoms with Gasteiger partial charge >= 0.3 is 11.9 Å². The van der Waals surface area contributed by atoms with E-state index in [1.54, 1.807) is 29.0 Å². The lowest BCUT2D eigenvalue weighted by Crippen LogP contribution is -2.42. The van der Waals surface area contributed by atoms with Crippen molar-refractivity contribution in [3.8, 4) is 0 Å². The van der Waals surface area contributed by atoms with Crippen molar-refractivity contribution in [2.24, 2.45) is 40.2 Å². The topological polar surface area (TPSA) is 145 Å². The number of allylic oxidation sites excluding steroid dienone is 9. The molecule has 2 aromatic rings. The van der Waals surface area contributed by atoms with Crippen LogP contribution < -0.4 is 5.73 Å². The van der Waals surface area contributed by atoms with E-state index in [1.807, 2.05) is 83.2 Å². The van der Waals surface area contributed by atoms with Crippen LogP contribution in [0, 0.1) is 34.5 Å². The third-order valence-electron chi connectivity index (χ3n) is 10.8. The molecule has 2 saturated carbocycles. The molecule has 2 aromatic heterocycles. The average molecular weight is 800 g/mol. The second-order valence-corrected chi connectivity index (χ2v) is 17.7. The van der Waals surface area contributed by atoms with Crippen LogP contribution in [0.4, 0.5) is 0 Å². The molecule has 3 aliphatic rings. The Morgan fingerprint density at radius 3 is 1.64 bits per heavy atom. The molecule has 4 N–H and O–H groups in total. The number of thiazole rings is 2. The van der Waals surface area contributed by atoms with E-state index in [4.69, 9.17) is 15.2 Å². The van der Waals surface area contributed by atoms with Crippen molar-refractivity contribution in [2.45, 2.75) is 91.1 Å². The molecule has 0 saturated heterocycles. The molecule has 4 bridgehead atoms. The van der Waals surface area contributed by atoms with Crippen LogP contribution in [-0.4, -0.2) is 63.1 Å². The Hall–Kier alpha value is -4.00. The summed E-state index contributed by atoms with van der Waals surface area (Å²) in [4.78, 5) is 35.8. The quantitative estimate of drug-likeness (QED) is 0.176. The first-order chi connectivity index (χ1) is 26.8. The van der Waals surface area contributed by atoms with E-state index < -0.39 is 47.2 Å². The largest absolute Gasteiger partial charge is 0.457 e. The van der Waals surface area contributed by atoms with Crippen LogP contribution in [0.3, 0.4) is 0 Å². The number of nitrogens with two attached hydrogens (primary N) is 1. The molecule has 0 radical (unpaired) electrons. The second-order valence-electron chi connectivity index (χ2n) is 15.9. The molecule has 5 rings (SSSR count). The second kappa shape index (κ2) is 19.9. The Bertz CT molecular complexity index is 1880. The Morgan fingerprint density at radius 1 is 0.750 bits per heavy atom. The maximum Gasteiger partial charge on any atom is 0.358 e. The zero-order chi connectivity index (χ0) is 40.3. The van der Waals surface area contributed by atoms with Gasteiger partial charge in [0, 0.05) is 34.4 Å². The number of aromatic nitrogens is 2. The van der Waals surface area contributed by atoms with Gasteiger partial charge in [-0.15, -0.1) is 22.7 Å². The number of hydrogen-bond acceptors (Lipinski definition) is 11. The summed E-state index contributed by atoms with van der Waals surface area (Å²) < 4.78 is 12.1. The molecule has 56 heavy (non-hydrogen) atoms. The van der Waals surface area contributed by atoms with Crippen LogP contribution in [0.15, 0.2) is 95.8 Å². The molecule has 3 heterocycles. The summed E-state index contributed by atoms with van der Waals surface area (Å²) in [6.45, 7) is 9.97. The fourth-order valence-electron chi connectivity index (χ4n) is 6.48. The third-order valence-corrected chi connectivity index (χ3v) is 12.5. The van der Waals surface area contributed by atoms with Gasteiger partial charge in [0.15, 0.2) is 11.4 Å². The minimum Gasteiger partial charge on any atom is -0.457 e. The molecule has 2 fully saturated rings. The van der Waals surface area contributed by atoms with Crippen LogP contribution in [-0.2, 0) is 9.47 Å². The van der Waals surface area contributed by atoms with Gasteiger partial charge in [-0.05, 0) is 68.6 Å². The number of carbonyl (C=O) groups is 2. The van der Waals surface area contributed by atoms with Gasteiger partial charge < -0.3 is 25.4 Å². The van der Waals surface area contributed by atoms with Crippen molar-refractivity contribution in [3.05, 3.63) is 117 Å². The number of hydrogen-bond donors (Lipinski definition) is 3. The molecule has 1 aliphatic heterocycles. The predicted molar refractivity (Wildman–Crippen MR) is 227 cm³/mol. The summed E-state index contributed by atoms with van der Waals surface area (Å²) in [6, 6.07) is 0. The summed E-state index contributed by atoms with van der Waals surface area (Å²) in [7, 11) is 0. The van der Waals surface area contributed by atoms with Gasteiger partial charge in [-0.2, -0.15) is 0 Å². The maximum absolute atomic E-state index is 13.4. The Labute approximate surface area is 339 Å². The van der Waals surface area contributed by atoms with E-state index in [-0.39, 0.29) is 11.4 Å². The molecule has 2 aliphatic carbocycles. The fourth-order valence-corrected chi connectivity index (χ4v) is 7.86. The number of fused-ring (bicyclic) bond motifs is 6. The lowest BCUT2D eigenvalue weighted by atomic mass is 9.78. The van der Waals surface area contributed by atoms with Gasteiger partial charge in [0.05, 0.1) is 12.2 Å². The zero-order valence-corrected chi connectivity index (χ0v) is 34.7. The number of cyclic esters (lactones) is 2. The Balaban J connectivity index is 1.35. The minimum atomic E-state index is -0.848. The van der Waals surface area contributed by atoms with Crippen molar-refractivity contribution < 1.29 is 29.3 Å². The van der Waals surface area contributed by atoms with Gasteiger partial charge in [0.25, 0.3) is 0 Å². The van der Waals surface area contributed by atoms with Crippen LogP contribution in [0.5, 0.6) is 0 Å². The zero-order valence-electron chi connectivity index (χ0n) is 33.1. The Kier molecular flexibility index (Phi) is 15.3. The lowest BCUT2D eigenvalue weighted by molar-refractivity contribution is -0.0461.